The fraction of sp³-hybridized carbons (Fsp3) is 0.412. The molecule has 0 saturated carbocycles. The molecule has 0 N–H and O–H groups in total. The molecule has 1 aliphatic rings. The number of carbonyl (C=O) groups is 2. The van der Waals surface area contributed by atoms with Crippen molar-refractivity contribution in [1.29, 1.82) is 0 Å². The Morgan fingerprint density at radius 3 is 2.35 bits per heavy atom. The van der Waals surface area contributed by atoms with Crippen LogP contribution in [0.25, 0.3) is 0 Å². The highest BCUT2D eigenvalue weighted by Crippen LogP contribution is 2.28. The Balaban J connectivity index is 2.17. The second kappa shape index (κ2) is 7.84. The molecule has 0 unspecified atom stereocenters. The first-order chi connectivity index (χ1) is 10.9. The molecular formula is C17H20Cl2N2O2. The van der Waals surface area contributed by atoms with Crippen LogP contribution in [0.3, 0.4) is 0 Å². The summed E-state index contributed by atoms with van der Waals surface area (Å²) in [6.45, 7) is 6.79. The van der Waals surface area contributed by atoms with Gasteiger partial charge in [-0.05, 0) is 31.1 Å². The maximum Gasteiger partial charge on any atom is 0.246 e. The number of hydrogen-bond acceptors (Lipinski definition) is 2. The standard InChI is InChI=1S/C17H20Cl2N2O2/c1-3-17(23)21(11-14-15(18)5-4-6-16(14)19)13-7-9-20(10-8-13)12(2)22/h3-6,13H,1,7-11H2,2H3. The Kier molecular flexibility index (Phi) is 6.08. The van der Waals surface area contributed by atoms with Gasteiger partial charge in [0.05, 0.1) is 0 Å². The van der Waals surface area contributed by atoms with Crippen molar-refractivity contribution in [3.05, 3.63) is 46.5 Å². The topological polar surface area (TPSA) is 40.6 Å². The van der Waals surface area contributed by atoms with Gasteiger partial charge in [0, 0.05) is 48.2 Å². The molecule has 1 heterocycles. The van der Waals surface area contributed by atoms with Crippen molar-refractivity contribution in [1.82, 2.24) is 9.80 Å². The molecule has 23 heavy (non-hydrogen) atoms. The van der Waals surface area contributed by atoms with Gasteiger partial charge < -0.3 is 9.80 Å². The molecule has 0 aliphatic carbocycles. The molecule has 4 nitrogen and oxygen atoms in total. The molecule has 0 bridgehead atoms. The first-order valence-corrected chi connectivity index (χ1v) is 8.31. The lowest BCUT2D eigenvalue weighted by Gasteiger charge is -2.38. The zero-order valence-corrected chi connectivity index (χ0v) is 14.6. The van der Waals surface area contributed by atoms with Gasteiger partial charge in [-0.25, -0.2) is 0 Å². The Bertz CT molecular complexity index is 590. The summed E-state index contributed by atoms with van der Waals surface area (Å²) in [5, 5.41) is 1.08. The van der Waals surface area contributed by atoms with Crippen LogP contribution in [0.1, 0.15) is 25.3 Å². The van der Waals surface area contributed by atoms with Crippen molar-refractivity contribution in [3.63, 3.8) is 0 Å². The van der Waals surface area contributed by atoms with Crippen LogP contribution in [-0.2, 0) is 16.1 Å². The number of amides is 2. The third-order valence-electron chi connectivity index (χ3n) is 4.20. The van der Waals surface area contributed by atoms with Gasteiger partial charge in [-0.1, -0.05) is 35.8 Å². The molecule has 6 heteroatoms. The van der Waals surface area contributed by atoms with Crippen LogP contribution < -0.4 is 0 Å². The number of rotatable bonds is 4. The summed E-state index contributed by atoms with van der Waals surface area (Å²) in [5.41, 5.74) is 0.736. The van der Waals surface area contributed by atoms with Crippen LogP contribution in [0.2, 0.25) is 10.0 Å². The summed E-state index contributed by atoms with van der Waals surface area (Å²) in [4.78, 5) is 27.3. The van der Waals surface area contributed by atoms with Crippen LogP contribution in [0.15, 0.2) is 30.9 Å². The third kappa shape index (κ3) is 4.27. The third-order valence-corrected chi connectivity index (χ3v) is 4.91. The van der Waals surface area contributed by atoms with E-state index in [1.54, 1.807) is 34.9 Å². The van der Waals surface area contributed by atoms with E-state index in [1.165, 1.54) is 6.08 Å². The number of hydrogen-bond donors (Lipinski definition) is 0. The number of halogens is 2. The molecule has 0 spiro atoms. The van der Waals surface area contributed by atoms with Gasteiger partial charge in [0.2, 0.25) is 11.8 Å². The van der Waals surface area contributed by atoms with Gasteiger partial charge in [-0.2, -0.15) is 0 Å². The van der Waals surface area contributed by atoms with Gasteiger partial charge in [0.25, 0.3) is 0 Å². The summed E-state index contributed by atoms with van der Waals surface area (Å²) < 4.78 is 0. The van der Waals surface area contributed by atoms with E-state index in [1.807, 2.05) is 0 Å². The van der Waals surface area contributed by atoms with E-state index in [0.717, 1.165) is 18.4 Å². The number of carbonyl (C=O) groups excluding carboxylic acids is 2. The highest BCUT2D eigenvalue weighted by molar-refractivity contribution is 6.36. The molecule has 1 aliphatic heterocycles. The predicted molar refractivity (Wildman–Crippen MR) is 92.5 cm³/mol. The average Bonchev–Trinajstić information content (AvgIpc) is 2.54. The monoisotopic (exact) mass is 354 g/mol. The number of piperidine rings is 1. The van der Waals surface area contributed by atoms with Crippen molar-refractivity contribution in [2.45, 2.75) is 32.4 Å². The van der Waals surface area contributed by atoms with E-state index in [0.29, 0.717) is 29.7 Å². The van der Waals surface area contributed by atoms with Gasteiger partial charge in [-0.15, -0.1) is 0 Å². The summed E-state index contributed by atoms with van der Waals surface area (Å²) in [6, 6.07) is 5.35. The van der Waals surface area contributed by atoms with Crippen molar-refractivity contribution in [3.8, 4) is 0 Å². The van der Waals surface area contributed by atoms with E-state index < -0.39 is 0 Å². The fourth-order valence-electron chi connectivity index (χ4n) is 2.85. The highest BCUT2D eigenvalue weighted by atomic mass is 35.5. The van der Waals surface area contributed by atoms with E-state index in [9.17, 15) is 9.59 Å². The Labute approximate surface area is 146 Å². The Morgan fingerprint density at radius 2 is 1.87 bits per heavy atom. The van der Waals surface area contributed by atoms with E-state index in [4.69, 9.17) is 23.2 Å². The zero-order valence-electron chi connectivity index (χ0n) is 13.1. The van der Waals surface area contributed by atoms with Crippen LogP contribution in [-0.4, -0.2) is 40.7 Å². The summed E-state index contributed by atoms with van der Waals surface area (Å²) in [7, 11) is 0. The number of benzene rings is 1. The quantitative estimate of drug-likeness (QED) is 0.776. The first-order valence-electron chi connectivity index (χ1n) is 7.55. The van der Waals surface area contributed by atoms with E-state index in [-0.39, 0.29) is 17.9 Å². The summed E-state index contributed by atoms with van der Waals surface area (Å²) in [6.07, 6.45) is 2.78. The van der Waals surface area contributed by atoms with Crippen LogP contribution in [0, 0.1) is 0 Å². The zero-order chi connectivity index (χ0) is 17.0. The SMILES string of the molecule is C=CC(=O)N(Cc1c(Cl)cccc1Cl)C1CCN(C(C)=O)CC1. The molecule has 0 radical (unpaired) electrons. The van der Waals surface area contributed by atoms with Crippen LogP contribution >= 0.6 is 23.2 Å². The van der Waals surface area contributed by atoms with E-state index in [2.05, 4.69) is 6.58 Å². The van der Waals surface area contributed by atoms with Crippen LogP contribution in [0.5, 0.6) is 0 Å². The van der Waals surface area contributed by atoms with Crippen LogP contribution in [0.4, 0.5) is 0 Å². The Hall–Kier alpha value is -1.52. The molecule has 0 atom stereocenters. The molecule has 2 rings (SSSR count). The van der Waals surface area contributed by atoms with E-state index >= 15 is 0 Å². The smallest absolute Gasteiger partial charge is 0.246 e. The van der Waals surface area contributed by atoms with Gasteiger partial charge in [0.1, 0.15) is 0 Å². The molecule has 124 valence electrons. The van der Waals surface area contributed by atoms with Crippen molar-refractivity contribution < 1.29 is 9.59 Å². The highest BCUT2D eigenvalue weighted by Gasteiger charge is 2.28. The average molecular weight is 355 g/mol. The largest absolute Gasteiger partial charge is 0.343 e. The molecule has 2 amide bonds. The minimum absolute atomic E-state index is 0.0449. The Morgan fingerprint density at radius 1 is 1.30 bits per heavy atom. The second-order valence-electron chi connectivity index (χ2n) is 5.61. The molecule has 1 aromatic rings. The lowest BCUT2D eigenvalue weighted by atomic mass is 10.0. The van der Waals surface area contributed by atoms with Gasteiger partial charge in [0.15, 0.2) is 0 Å². The lowest BCUT2D eigenvalue weighted by Crippen LogP contribution is -2.47. The number of nitrogens with zero attached hydrogens (tertiary/aromatic N) is 2. The predicted octanol–water partition coefficient (Wildman–Crippen LogP) is 3.52. The summed E-state index contributed by atoms with van der Waals surface area (Å²) in [5.74, 6) is -0.0820. The second-order valence-corrected chi connectivity index (χ2v) is 6.42. The maximum atomic E-state index is 12.3. The van der Waals surface area contributed by atoms with Crippen molar-refractivity contribution >= 4 is 35.0 Å². The fourth-order valence-corrected chi connectivity index (χ4v) is 3.37. The normalized spacial score (nSPS) is 15.3. The van der Waals surface area contributed by atoms with Crippen molar-refractivity contribution in [2.24, 2.45) is 0 Å². The molecule has 1 fully saturated rings. The van der Waals surface area contributed by atoms with Gasteiger partial charge >= 0.3 is 0 Å². The summed E-state index contributed by atoms with van der Waals surface area (Å²) >= 11 is 12.4. The molecular weight excluding hydrogens is 335 g/mol. The van der Waals surface area contributed by atoms with Gasteiger partial charge in [-0.3, -0.25) is 9.59 Å². The first kappa shape index (κ1) is 17.8. The molecule has 1 saturated heterocycles. The lowest BCUT2D eigenvalue weighted by molar-refractivity contribution is -0.133. The maximum absolute atomic E-state index is 12.3. The minimum atomic E-state index is -0.151. The number of likely N-dealkylation sites (tertiary alicyclic amines) is 1. The molecule has 0 aromatic heterocycles. The van der Waals surface area contributed by atoms with Crippen molar-refractivity contribution in [2.75, 3.05) is 13.1 Å². The molecule has 1 aromatic carbocycles. The minimum Gasteiger partial charge on any atom is -0.343 e.